The number of halogens is 2. The number of alkyl halides is 2. The number of hydrogen-bond donors (Lipinski definition) is 0. The van der Waals surface area contributed by atoms with Gasteiger partial charge >= 0.3 is 51.4 Å². The van der Waals surface area contributed by atoms with E-state index in [0.717, 1.165) is 0 Å². The summed E-state index contributed by atoms with van der Waals surface area (Å²) >= 11 is 10.9. The van der Waals surface area contributed by atoms with Crippen molar-refractivity contribution >= 4 is 49.0 Å². The van der Waals surface area contributed by atoms with Crippen LogP contribution < -0.4 is 0 Å². The summed E-state index contributed by atoms with van der Waals surface area (Å²) in [4.78, 5) is 0. The molecule has 0 saturated carbocycles. The summed E-state index contributed by atoms with van der Waals surface area (Å²) in [5, 5.41) is 0. The molecule has 24 valence electrons. The van der Waals surface area contributed by atoms with E-state index in [0.29, 0.717) is 25.8 Å². The van der Waals surface area contributed by atoms with E-state index in [2.05, 4.69) is 0 Å². The van der Waals surface area contributed by atoms with Crippen LogP contribution in [0.15, 0.2) is 0 Å². The number of rotatable bonds is 0. The van der Waals surface area contributed by atoms with Crippen molar-refractivity contribution in [3.8, 4) is 0 Å². The van der Waals surface area contributed by atoms with Crippen molar-refractivity contribution in [2.24, 2.45) is 0 Å². The first-order valence-electron chi connectivity index (χ1n) is 0.770. The molecule has 0 nitrogen and oxygen atoms in total. The molecule has 0 unspecified atom stereocenters. The van der Waals surface area contributed by atoms with Crippen LogP contribution in [0, 0.1) is 0 Å². The summed E-state index contributed by atoms with van der Waals surface area (Å²) in [6, 6.07) is 0. The molecule has 0 aliphatic rings. The Morgan fingerprint density at radius 2 is 1.50 bits per heavy atom. The molecule has 0 saturated heterocycles. The Bertz CT molecular complexity index is 10.8. The summed E-state index contributed by atoms with van der Waals surface area (Å²) in [5.41, 5.74) is 0. The fraction of sp³-hybridized carbons (Fsp3) is 1.00. The molecule has 0 heterocycles. The maximum atomic E-state index is 5.11. The molecule has 2 radical (unpaired) electrons. The topological polar surface area (TPSA) is 0 Å². The maximum absolute atomic E-state index is 5.11. The molecule has 0 aromatic carbocycles. The minimum absolute atomic E-state index is 0.0556. The van der Waals surface area contributed by atoms with E-state index in [-0.39, 0.29) is 2.40 Å². The molecule has 0 aliphatic carbocycles. The molecule has 0 aromatic rings. The summed E-state index contributed by atoms with van der Waals surface area (Å²) < 4.78 is -0.0556. The first kappa shape index (κ1) is 5.50. The van der Waals surface area contributed by atoms with Crippen molar-refractivity contribution in [3.05, 3.63) is 0 Å². The van der Waals surface area contributed by atoms with E-state index in [1.165, 1.54) is 0 Å². The van der Waals surface area contributed by atoms with Gasteiger partial charge in [0.1, 0.15) is 0 Å². The van der Waals surface area contributed by atoms with Crippen LogP contribution in [0.25, 0.3) is 0 Å². The van der Waals surface area contributed by atoms with Gasteiger partial charge in [0, 0.05) is 0 Å². The molecule has 0 bridgehead atoms. The summed E-state index contributed by atoms with van der Waals surface area (Å²) in [7, 11) is 0. The van der Waals surface area contributed by atoms with Crippen molar-refractivity contribution in [2.45, 2.75) is 2.40 Å². The van der Waals surface area contributed by atoms with Gasteiger partial charge < -0.3 is 0 Å². The molecule has 0 atom stereocenters. The van der Waals surface area contributed by atoms with Gasteiger partial charge in [-0.1, -0.05) is 0 Å². The van der Waals surface area contributed by atoms with E-state index in [9.17, 15) is 0 Å². The van der Waals surface area contributed by atoms with Crippen molar-refractivity contribution in [1.82, 2.24) is 0 Å². The fourth-order valence-electron chi connectivity index (χ4n) is 0. The molecule has 0 rings (SSSR count). The summed E-state index contributed by atoms with van der Waals surface area (Å²) in [5.74, 6) is 0. The van der Waals surface area contributed by atoms with E-state index in [1.807, 2.05) is 0 Å². The normalized spacial score (nSPS) is 9.00. The van der Waals surface area contributed by atoms with Crippen LogP contribution in [0.4, 0.5) is 0 Å². The van der Waals surface area contributed by atoms with Crippen molar-refractivity contribution in [1.29, 1.82) is 0 Å². The molecule has 0 aliphatic heterocycles. The van der Waals surface area contributed by atoms with Crippen LogP contribution in [-0.4, -0.2) is 28.2 Å². The second kappa shape index (κ2) is 2.72. The molecule has 0 aromatic heterocycles. The third-order valence-electron chi connectivity index (χ3n) is 0. The zero-order chi connectivity index (χ0) is 3.58. The molecule has 3 heteroatoms. The standard InChI is InChI=1S/CHCl2.Pb.H/c2-1-3;;/h1H;;. The SMILES string of the molecule is Cl[CH](Cl)[PbH]. The zero-order valence-corrected chi connectivity index (χ0v) is 7.91. The Kier molecular flexibility index (Phi) is 3.75. The zero-order valence-electron chi connectivity index (χ0n) is 1.91. The molecule has 0 amide bonds. The Balaban J connectivity index is 2.32. The third-order valence-corrected chi connectivity index (χ3v) is 0. The van der Waals surface area contributed by atoms with Gasteiger partial charge in [0.25, 0.3) is 0 Å². The number of hydrogen-bond acceptors (Lipinski definition) is 0. The Morgan fingerprint density at radius 1 is 1.50 bits per heavy atom. The molecule has 4 heavy (non-hydrogen) atoms. The Hall–Kier alpha value is 1.50. The van der Waals surface area contributed by atoms with Gasteiger partial charge in [-0.25, -0.2) is 0 Å². The van der Waals surface area contributed by atoms with Crippen LogP contribution in [0.3, 0.4) is 0 Å². The van der Waals surface area contributed by atoms with Gasteiger partial charge in [0.2, 0.25) is 0 Å². The summed E-state index contributed by atoms with van der Waals surface area (Å²) in [6.07, 6.45) is 0. The van der Waals surface area contributed by atoms with E-state index in [1.54, 1.807) is 0 Å². The van der Waals surface area contributed by atoms with Crippen LogP contribution >= 0.6 is 23.2 Å². The predicted octanol–water partition coefficient (Wildman–Crippen LogP) is 0.648. The average Bonchev–Trinajstić information content (AvgIpc) is 0.811. The second-order valence-electron chi connectivity index (χ2n) is 0.334. The van der Waals surface area contributed by atoms with Crippen LogP contribution in [-0.2, 0) is 0 Å². The van der Waals surface area contributed by atoms with Crippen LogP contribution in [0.2, 0.25) is 0 Å². The Labute approximate surface area is 51.2 Å². The first-order valence-corrected chi connectivity index (χ1v) is 4.23. The minimum atomic E-state index is -0.0556. The van der Waals surface area contributed by atoms with E-state index in [4.69, 9.17) is 23.2 Å². The van der Waals surface area contributed by atoms with E-state index >= 15 is 0 Å². The molecular formula is CH2Cl2Pb. The van der Waals surface area contributed by atoms with Gasteiger partial charge in [0.15, 0.2) is 0 Å². The molecule has 0 N–H and O–H groups in total. The molecular weight excluding hydrogens is 290 g/mol. The molecule has 0 spiro atoms. The fourth-order valence-corrected chi connectivity index (χ4v) is 0. The third kappa shape index (κ3) is 9.72. The Morgan fingerprint density at radius 3 is 1.50 bits per heavy atom. The quantitative estimate of drug-likeness (QED) is 0.454. The van der Waals surface area contributed by atoms with Crippen molar-refractivity contribution in [2.75, 3.05) is 0 Å². The summed E-state index contributed by atoms with van der Waals surface area (Å²) in [6.45, 7) is 0. The van der Waals surface area contributed by atoms with Crippen LogP contribution in [0.1, 0.15) is 0 Å². The molecule has 0 fully saturated rings. The van der Waals surface area contributed by atoms with Gasteiger partial charge in [-0.3, -0.25) is 0 Å². The van der Waals surface area contributed by atoms with Gasteiger partial charge in [-0.05, 0) is 0 Å². The van der Waals surface area contributed by atoms with Gasteiger partial charge in [0.05, 0.1) is 0 Å². The second-order valence-corrected chi connectivity index (χ2v) is 7.38. The van der Waals surface area contributed by atoms with Crippen molar-refractivity contribution in [3.63, 3.8) is 0 Å². The van der Waals surface area contributed by atoms with Gasteiger partial charge in [-0.2, -0.15) is 0 Å². The van der Waals surface area contributed by atoms with Gasteiger partial charge in [-0.15, -0.1) is 0 Å². The predicted molar refractivity (Wildman–Crippen MR) is 22.6 cm³/mol. The van der Waals surface area contributed by atoms with Crippen LogP contribution in [0.5, 0.6) is 0 Å². The van der Waals surface area contributed by atoms with Crippen molar-refractivity contribution < 1.29 is 0 Å². The monoisotopic (exact) mass is 292 g/mol. The van der Waals surface area contributed by atoms with E-state index < -0.39 is 0 Å². The average molecular weight is 292 g/mol. The first-order chi connectivity index (χ1) is 1.73.